The molecule has 2 aliphatic heterocycles. The van der Waals surface area contributed by atoms with Crippen LogP contribution in [-0.4, -0.2) is 98.1 Å². The molecule has 21 heavy (non-hydrogen) atoms. The van der Waals surface area contributed by atoms with E-state index in [-0.39, 0.29) is 5.92 Å². The van der Waals surface area contributed by atoms with Gasteiger partial charge in [-0.3, -0.25) is 0 Å². The zero-order valence-corrected chi connectivity index (χ0v) is 12.3. The predicted octanol–water partition coefficient (Wildman–Crippen LogP) is -3.54. The lowest BCUT2D eigenvalue weighted by molar-refractivity contribution is -0.205. The highest BCUT2D eigenvalue weighted by molar-refractivity contribution is 7.99. The van der Waals surface area contributed by atoms with Crippen molar-refractivity contribution in [1.29, 1.82) is 0 Å². The molecule has 2 aliphatic rings. The standard InChI is InChI=1S/C12H23NO7S/c14-3-7-9(17)10(18)11(19)12(20-7)21-4-5-1-13-2-6(15)8(5)16/h5-19H,1-4H2/t5?,6?,7?,8-,9-,10?,11?,12-/m1/s1. The number of nitrogens with one attached hydrogen (secondary N) is 1. The van der Waals surface area contributed by atoms with Gasteiger partial charge in [-0.1, -0.05) is 0 Å². The smallest absolute Gasteiger partial charge is 0.132 e. The lowest BCUT2D eigenvalue weighted by Crippen LogP contribution is -2.58. The topological polar surface area (TPSA) is 143 Å². The molecule has 5 unspecified atom stereocenters. The summed E-state index contributed by atoms with van der Waals surface area (Å²) in [6.07, 6.45) is -6.67. The first-order valence-corrected chi connectivity index (χ1v) is 7.99. The fourth-order valence-electron chi connectivity index (χ4n) is 2.55. The number of β-amino-alcohol motifs (C(OH)–C–C–N with tert-alkyl or cyclic N) is 1. The van der Waals surface area contributed by atoms with Gasteiger partial charge in [0.1, 0.15) is 29.9 Å². The van der Waals surface area contributed by atoms with Gasteiger partial charge in [-0.25, -0.2) is 0 Å². The summed E-state index contributed by atoms with van der Waals surface area (Å²) in [6, 6.07) is 0. The third-order valence-electron chi connectivity index (χ3n) is 3.96. The highest BCUT2D eigenvalue weighted by Crippen LogP contribution is 2.30. The first-order valence-electron chi connectivity index (χ1n) is 6.94. The Morgan fingerprint density at radius 3 is 2.33 bits per heavy atom. The van der Waals surface area contributed by atoms with Crippen molar-refractivity contribution in [2.45, 2.75) is 42.1 Å². The number of ether oxygens (including phenoxy) is 1. The van der Waals surface area contributed by atoms with Crippen molar-refractivity contribution in [3.63, 3.8) is 0 Å². The molecule has 8 atom stereocenters. The molecular formula is C12H23NO7S. The molecule has 0 saturated carbocycles. The Balaban J connectivity index is 1.89. The largest absolute Gasteiger partial charge is 0.394 e. The Kier molecular flexibility index (Phi) is 6.24. The molecule has 0 aromatic rings. The van der Waals surface area contributed by atoms with E-state index in [9.17, 15) is 25.5 Å². The van der Waals surface area contributed by atoms with Crippen LogP contribution in [0.5, 0.6) is 0 Å². The second kappa shape index (κ2) is 7.53. The molecule has 7 N–H and O–H groups in total. The summed E-state index contributed by atoms with van der Waals surface area (Å²) in [5.74, 6) is 0.180. The highest BCUT2D eigenvalue weighted by Gasteiger charge is 2.44. The Morgan fingerprint density at radius 1 is 0.952 bits per heavy atom. The van der Waals surface area contributed by atoms with Gasteiger partial charge in [-0.05, 0) is 0 Å². The minimum Gasteiger partial charge on any atom is -0.394 e. The first-order chi connectivity index (χ1) is 9.95. The maximum atomic E-state index is 9.90. The molecule has 0 aliphatic carbocycles. The predicted molar refractivity (Wildman–Crippen MR) is 74.6 cm³/mol. The van der Waals surface area contributed by atoms with Crippen molar-refractivity contribution in [2.24, 2.45) is 5.92 Å². The van der Waals surface area contributed by atoms with Crippen molar-refractivity contribution >= 4 is 11.8 Å². The molecule has 2 saturated heterocycles. The quantitative estimate of drug-likeness (QED) is 0.280. The molecule has 9 heteroatoms. The molecular weight excluding hydrogens is 302 g/mol. The summed E-state index contributed by atoms with van der Waals surface area (Å²) in [6.45, 7) is 0.402. The number of aliphatic hydroxyl groups is 6. The van der Waals surface area contributed by atoms with E-state index in [1.54, 1.807) is 0 Å². The molecule has 0 spiro atoms. The van der Waals surface area contributed by atoms with Crippen LogP contribution in [0.3, 0.4) is 0 Å². The first kappa shape index (κ1) is 17.4. The van der Waals surface area contributed by atoms with Gasteiger partial charge >= 0.3 is 0 Å². The summed E-state index contributed by atoms with van der Waals surface area (Å²) in [7, 11) is 0. The van der Waals surface area contributed by atoms with Gasteiger partial charge in [0.2, 0.25) is 0 Å². The Bertz CT molecular complexity index is 335. The minimum absolute atomic E-state index is 0.217. The van der Waals surface area contributed by atoms with Crippen molar-refractivity contribution in [1.82, 2.24) is 5.32 Å². The van der Waals surface area contributed by atoms with E-state index < -0.39 is 48.7 Å². The Morgan fingerprint density at radius 2 is 1.67 bits per heavy atom. The van der Waals surface area contributed by atoms with Crippen LogP contribution < -0.4 is 5.32 Å². The second-order valence-electron chi connectivity index (χ2n) is 5.51. The third kappa shape index (κ3) is 3.87. The molecule has 2 rings (SSSR count). The Labute approximate surface area is 126 Å². The molecule has 0 bridgehead atoms. The van der Waals surface area contributed by atoms with Gasteiger partial charge in [-0.15, -0.1) is 11.8 Å². The molecule has 0 radical (unpaired) electrons. The molecule has 2 heterocycles. The maximum Gasteiger partial charge on any atom is 0.132 e. The van der Waals surface area contributed by atoms with Crippen LogP contribution >= 0.6 is 11.8 Å². The van der Waals surface area contributed by atoms with Gasteiger partial charge in [0, 0.05) is 24.8 Å². The summed E-state index contributed by atoms with van der Waals surface area (Å²) in [5.41, 5.74) is -0.813. The van der Waals surface area contributed by atoms with Gasteiger partial charge in [0.05, 0.1) is 18.8 Å². The highest BCUT2D eigenvalue weighted by atomic mass is 32.2. The molecule has 0 aromatic carbocycles. The van der Waals surface area contributed by atoms with Crippen LogP contribution in [0, 0.1) is 5.92 Å². The van der Waals surface area contributed by atoms with Crippen LogP contribution in [0.2, 0.25) is 0 Å². The van der Waals surface area contributed by atoms with Crippen molar-refractivity contribution in [3.05, 3.63) is 0 Å². The lowest BCUT2D eigenvalue weighted by atomic mass is 9.96. The van der Waals surface area contributed by atoms with Gasteiger partial charge in [0.25, 0.3) is 0 Å². The van der Waals surface area contributed by atoms with Crippen LogP contribution in [0.4, 0.5) is 0 Å². The van der Waals surface area contributed by atoms with Crippen molar-refractivity contribution < 1.29 is 35.4 Å². The summed E-state index contributed by atoms with van der Waals surface area (Å²) in [5, 5.41) is 60.9. The Hall–Kier alpha value is 0.0300. The maximum absolute atomic E-state index is 9.90. The average molecular weight is 325 g/mol. The molecule has 124 valence electrons. The van der Waals surface area contributed by atoms with Crippen molar-refractivity contribution in [2.75, 3.05) is 25.4 Å². The SMILES string of the molecule is OCC1O[C@H](SCC2CNCC(O)[C@@H]2O)C(O)C(O)[C@@H]1O. The lowest BCUT2D eigenvalue weighted by Gasteiger charge is -2.40. The normalized spacial score (nSPS) is 48.3. The van der Waals surface area contributed by atoms with Gasteiger partial charge in [-0.2, -0.15) is 0 Å². The van der Waals surface area contributed by atoms with E-state index in [1.165, 1.54) is 11.8 Å². The van der Waals surface area contributed by atoms with Crippen LogP contribution in [-0.2, 0) is 4.74 Å². The van der Waals surface area contributed by atoms with E-state index >= 15 is 0 Å². The summed E-state index contributed by atoms with van der Waals surface area (Å²) >= 11 is 1.18. The second-order valence-corrected chi connectivity index (χ2v) is 6.64. The van der Waals surface area contributed by atoms with Gasteiger partial charge < -0.3 is 40.7 Å². The van der Waals surface area contributed by atoms with Crippen LogP contribution in [0.25, 0.3) is 0 Å². The van der Waals surface area contributed by atoms with E-state index in [4.69, 9.17) is 9.84 Å². The van der Waals surface area contributed by atoms with E-state index in [0.717, 1.165) is 0 Å². The number of thioether (sulfide) groups is 1. The van der Waals surface area contributed by atoms with E-state index in [0.29, 0.717) is 18.8 Å². The number of rotatable bonds is 4. The monoisotopic (exact) mass is 325 g/mol. The van der Waals surface area contributed by atoms with E-state index in [2.05, 4.69) is 5.32 Å². The summed E-state index contributed by atoms with van der Waals surface area (Å²) in [4.78, 5) is 0. The zero-order chi connectivity index (χ0) is 15.6. The van der Waals surface area contributed by atoms with E-state index in [1.807, 2.05) is 0 Å². The summed E-state index contributed by atoms with van der Waals surface area (Å²) < 4.78 is 5.37. The number of hydrogen-bond acceptors (Lipinski definition) is 9. The number of piperidine rings is 1. The molecule has 8 nitrogen and oxygen atoms in total. The number of aliphatic hydroxyl groups excluding tert-OH is 6. The third-order valence-corrected chi connectivity index (χ3v) is 5.30. The van der Waals surface area contributed by atoms with Gasteiger partial charge in [0.15, 0.2) is 0 Å². The number of hydrogen-bond donors (Lipinski definition) is 7. The fourth-order valence-corrected chi connectivity index (χ4v) is 3.88. The average Bonchev–Trinajstić information content (AvgIpc) is 2.48. The zero-order valence-electron chi connectivity index (χ0n) is 11.4. The molecule has 0 amide bonds. The minimum atomic E-state index is -1.40. The fraction of sp³-hybridized carbons (Fsp3) is 1.00. The van der Waals surface area contributed by atoms with Crippen molar-refractivity contribution in [3.8, 4) is 0 Å². The molecule has 2 fully saturated rings. The molecule has 0 aromatic heterocycles. The van der Waals surface area contributed by atoms with Crippen LogP contribution in [0.1, 0.15) is 0 Å². The van der Waals surface area contributed by atoms with Crippen LogP contribution in [0.15, 0.2) is 0 Å².